The summed E-state index contributed by atoms with van der Waals surface area (Å²) in [6, 6.07) is 29.9. The van der Waals surface area contributed by atoms with Crippen LogP contribution in [-0.2, 0) is 38.3 Å². The summed E-state index contributed by atoms with van der Waals surface area (Å²) in [4.78, 5) is 58.2. The van der Waals surface area contributed by atoms with Gasteiger partial charge in [-0.1, -0.05) is 75.4 Å². The quantitative estimate of drug-likeness (QED) is 0.0739. The average molecular weight is 902 g/mol. The molecule has 3 aromatic carbocycles. The van der Waals surface area contributed by atoms with E-state index in [1.807, 2.05) is 65.3 Å². The molecule has 4 aromatic rings. The van der Waals surface area contributed by atoms with E-state index in [1.165, 1.54) is 5.56 Å². The van der Waals surface area contributed by atoms with E-state index in [1.54, 1.807) is 36.2 Å². The highest BCUT2D eigenvalue weighted by Crippen LogP contribution is 2.36. The molecule has 0 bridgehead atoms. The number of carbonyl (C=O) groups is 3. The first-order chi connectivity index (χ1) is 31.1. The molecular weight excluding hydrogens is 831 g/mol. The normalized spacial score (nSPS) is 15.5. The molecule has 1 atom stereocenters. The number of benzene rings is 3. The molecule has 0 unspecified atom stereocenters. The van der Waals surface area contributed by atoms with Crippen LogP contribution in [0.4, 0.5) is 11.4 Å². The van der Waals surface area contributed by atoms with Crippen molar-refractivity contribution in [2.45, 2.75) is 78.3 Å². The monoisotopic (exact) mass is 902 g/mol. The molecule has 2 saturated heterocycles. The summed E-state index contributed by atoms with van der Waals surface area (Å²) in [5, 5.41) is 0.189. The molecule has 0 spiro atoms. The van der Waals surface area contributed by atoms with Gasteiger partial charge < -0.3 is 33.7 Å². The number of hydrogen-bond donors (Lipinski definition) is 0. The van der Waals surface area contributed by atoms with Crippen molar-refractivity contribution in [1.29, 1.82) is 0 Å². The number of likely N-dealkylation sites (N-methyl/N-ethyl adjacent to an activating group) is 1. The maximum absolute atomic E-state index is 14.9. The van der Waals surface area contributed by atoms with E-state index in [-0.39, 0.29) is 29.3 Å². The molecule has 0 radical (unpaired) electrons. The molecule has 2 aliphatic heterocycles. The van der Waals surface area contributed by atoms with Crippen LogP contribution < -0.4 is 14.5 Å². The Balaban J connectivity index is 1.15. The van der Waals surface area contributed by atoms with Crippen molar-refractivity contribution in [2.24, 2.45) is 0 Å². The van der Waals surface area contributed by atoms with Crippen LogP contribution in [-0.4, -0.2) is 136 Å². The molecule has 3 amide bonds. The molecular formula is C52H71N7O5Si. The lowest BCUT2D eigenvalue weighted by molar-refractivity contribution is -0.145. The predicted molar refractivity (Wildman–Crippen MR) is 265 cm³/mol. The Kier molecular flexibility index (Phi) is 17.0. The van der Waals surface area contributed by atoms with Crippen LogP contribution in [0.3, 0.4) is 0 Å². The third-order valence-corrected chi connectivity index (χ3v) is 17.8. The number of carbonyl (C=O) groups excluding carboxylic acids is 3. The van der Waals surface area contributed by atoms with Gasteiger partial charge in [-0.15, -0.1) is 0 Å². The second-order valence-electron chi connectivity index (χ2n) is 18.8. The van der Waals surface area contributed by atoms with Crippen LogP contribution in [0.25, 0.3) is 6.08 Å². The Labute approximate surface area is 388 Å². The van der Waals surface area contributed by atoms with Crippen molar-refractivity contribution in [3.05, 3.63) is 126 Å². The van der Waals surface area contributed by atoms with Gasteiger partial charge in [-0.2, -0.15) is 0 Å². The minimum Gasteiger partial charge on any atom is -0.478 e. The zero-order valence-electron chi connectivity index (χ0n) is 40.0. The van der Waals surface area contributed by atoms with Crippen molar-refractivity contribution in [1.82, 2.24) is 24.6 Å². The topological polar surface area (TPSA) is 102 Å². The number of pyridine rings is 1. The average Bonchev–Trinajstić information content (AvgIpc) is 3.30. The zero-order chi connectivity index (χ0) is 46.6. The predicted octanol–water partition coefficient (Wildman–Crippen LogP) is 7.60. The zero-order valence-corrected chi connectivity index (χ0v) is 41.0. The minimum atomic E-state index is -1.79. The minimum absolute atomic E-state index is 0.0529. The van der Waals surface area contributed by atoms with Gasteiger partial charge >= 0.3 is 0 Å². The van der Waals surface area contributed by atoms with Gasteiger partial charge in [0.1, 0.15) is 6.04 Å². The van der Waals surface area contributed by atoms with Crippen LogP contribution in [0, 0.1) is 0 Å². The summed E-state index contributed by atoms with van der Waals surface area (Å²) in [5.41, 5.74) is 6.13. The van der Waals surface area contributed by atoms with Crippen molar-refractivity contribution in [2.75, 3.05) is 89.0 Å². The lowest BCUT2D eigenvalue weighted by atomic mass is 10.0. The Morgan fingerprint density at radius 3 is 2.05 bits per heavy atom. The van der Waals surface area contributed by atoms with Gasteiger partial charge in [-0.25, -0.2) is 4.98 Å². The van der Waals surface area contributed by atoms with Gasteiger partial charge in [0.25, 0.3) is 0 Å². The fourth-order valence-corrected chi connectivity index (χ4v) is 9.05. The fourth-order valence-electron chi connectivity index (χ4n) is 8.02. The molecule has 0 aliphatic carbocycles. The molecule has 2 aliphatic rings. The van der Waals surface area contributed by atoms with Crippen LogP contribution in [0.5, 0.6) is 5.88 Å². The Morgan fingerprint density at radius 2 is 1.45 bits per heavy atom. The SMILES string of the molecule is CCOc1ccc(C=CC(=O)N(Cc2ccc(N3CCN(C(C)=O)CC3)cc2)[C@@H](Cc2ccccc2)C(=O)N2CCN(Cc3ccc(N(C)CCO[Si](C)(C)C(C)(C)C)cc3)CC2)cn1. The maximum Gasteiger partial charge on any atom is 0.247 e. The van der Waals surface area contributed by atoms with E-state index in [0.29, 0.717) is 51.7 Å². The number of piperazine rings is 2. The first-order valence-corrected chi connectivity index (χ1v) is 26.2. The second kappa shape index (κ2) is 22.6. The largest absolute Gasteiger partial charge is 0.478 e. The van der Waals surface area contributed by atoms with E-state index in [4.69, 9.17) is 9.16 Å². The number of rotatable bonds is 18. The smallest absolute Gasteiger partial charge is 0.247 e. The van der Waals surface area contributed by atoms with E-state index in [0.717, 1.165) is 67.3 Å². The lowest BCUT2D eigenvalue weighted by Crippen LogP contribution is -2.56. The van der Waals surface area contributed by atoms with Gasteiger partial charge in [0.15, 0.2) is 8.32 Å². The standard InChI is InChI=1S/C52H71N7O5Si/c1-9-63-49-25-19-43(38-53-49)20-26-50(61)59(40-45-17-23-47(24-18-45)57-33-31-56(32-34-57)41(2)60)48(37-42-13-11-10-12-14-42)51(62)58-29-27-55(28-30-58)39-44-15-21-46(22-16-44)54(6)35-36-64-65(7,8)52(3,4)5/h10-26,38,48H,9,27-37,39-40H2,1-8H3/t48-/m0/s1. The maximum atomic E-state index is 14.9. The highest BCUT2D eigenvalue weighted by molar-refractivity contribution is 6.74. The van der Waals surface area contributed by atoms with Crippen molar-refractivity contribution in [3.63, 3.8) is 0 Å². The molecule has 348 valence electrons. The number of anilines is 2. The van der Waals surface area contributed by atoms with Gasteiger partial charge in [0, 0.05) is 122 Å². The third kappa shape index (κ3) is 13.8. The van der Waals surface area contributed by atoms with Crippen LogP contribution in [0.15, 0.2) is 103 Å². The van der Waals surface area contributed by atoms with E-state index >= 15 is 0 Å². The molecule has 65 heavy (non-hydrogen) atoms. The summed E-state index contributed by atoms with van der Waals surface area (Å²) in [7, 11) is 0.327. The fraction of sp³-hybridized carbons (Fsp3) is 0.462. The van der Waals surface area contributed by atoms with Crippen molar-refractivity contribution in [3.8, 4) is 5.88 Å². The number of amides is 3. The number of hydrogen-bond acceptors (Lipinski definition) is 9. The molecule has 6 rings (SSSR count). The molecule has 12 nitrogen and oxygen atoms in total. The molecule has 2 fully saturated rings. The van der Waals surface area contributed by atoms with Gasteiger partial charge in [0.2, 0.25) is 23.6 Å². The van der Waals surface area contributed by atoms with Crippen LogP contribution >= 0.6 is 0 Å². The molecule has 0 N–H and O–H groups in total. The number of aromatic nitrogens is 1. The molecule has 3 heterocycles. The van der Waals surface area contributed by atoms with Crippen LogP contribution in [0.1, 0.15) is 56.9 Å². The van der Waals surface area contributed by atoms with Gasteiger partial charge in [0.05, 0.1) is 13.2 Å². The number of ether oxygens (including phenoxy) is 1. The lowest BCUT2D eigenvalue weighted by Gasteiger charge is -2.39. The first kappa shape index (κ1) is 48.9. The highest BCUT2D eigenvalue weighted by atomic mass is 28.4. The van der Waals surface area contributed by atoms with E-state index in [2.05, 4.69) is 97.0 Å². The summed E-state index contributed by atoms with van der Waals surface area (Å²) < 4.78 is 11.9. The summed E-state index contributed by atoms with van der Waals surface area (Å²) in [6.45, 7) is 23.5. The highest BCUT2D eigenvalue weighted by Gasteiger charge is 2.37. The summed E-state index contributed by atoms with van der Waals surface area (Å²) in [5.74, 6) is 0.315. The molecule has 13 heteroatoms. The van der Waals surface area contributed by atoms with Crippen LogP contribution in [0.2, 0.25) is 18.1 Å². The number of nitrogens with zero attached hydrogens (tertiary/aromatic N) is 7. The molecule has 0 saturated carbocycles. The Bertz CT molecular complexity index is 2160. The van der Waals surface area contributed by atoms with Gasteiger partial charge in [-0.3, -0.25) is 19.3 Å². The van der Waals surface area contributed by atoms with Gasteiger partial charge in [-0.05, 0) is 83.7 Å². The second-order valence-corrected chi connectivity index (χ2v) is 23.6. The summed E-state index contributed by atoms with van der Waals surface area (Å²) in [6.07, 6.45) is 5.36. The Hall–Kier alpha value is -5.50. The molecule has 1 aromatic heterocycles. The Morgan fingerprint density at radius 1 is 0.800 bits per heavy atom. The summed E-state index contributed by atoms with van der Waals surface area (Å²) >= 11 is 0. The van der Waals surface area contributed by atoms with E-state index in [9.17, 15) is 14.4 Å². The first-order valence-electron chi connectivity index (χ1n) is 23.3. The third-order valence-electron chi connectivity index (χ3n) is 13.2. The van der Waals surface area contributed by atoms with Crippen molar-refractivity contribution >= 4 is 43.5 Å². The van der Waals surface area contributed by atoms with Crippen molar-refractivity contribution < 1.29 is 23.5 Å². The van der Waals surface area contributed by atoms with E-state index < -0.39 is 14.4 Å².